The van der Waals surface area contributed by atoms with Gasteiger partial charge in [0, 0.05) is 11.4 Å². The van der Waals surface area contributed by atoms with Crippen LogP contribution in [0.1, 0.15) is 18.9 Å². The van der Waals surface area contributed by atoms with E-state index >= 15 is 0 Å². The van der Waals surface area contributed by atoms with Crippen molar-refractivity contribution >= 4 is 40.8 Å². The molecule has 0 aliphatic heterocycles. The van der Waals surface area contributed by atoms with Crippen LogP contribution in [0.15, 0.2) is 48.5 Å². The van der Waals surface area contributed by atoms with Crippen LogP contribution in [-0.4, -0.2) is 18.0 Å². The molecule has 6 heteroatoms. The van der Waals surface area contributed by atoms with Gasteiger partial charge in [-0.05, 0) is 37.1 Å². The molecule has 0 fully saturated rings. The first-order chi connectivity index (χ1) is 11.5. The van der Waals surface area contributed by atoms with Gasteiger partial charge in [0.15, 0.2) is 6.10 Å². The molecule has 0 unspecified atom stereocenters. The summed E-state index contributed by atoms with van der Waals surface area (Å²) in [7, 11) is 0. The van der Waals surface area contributed by atoms with Gasteiger partial charge < -0.3 is 10.1 Å². The fraction of sp³-hybridized carbons (Fsp3) is 0.222. The molecule has 1 amide bonds. The Kier molecular flexibility index (Phi) is 6.64. The molecule has 1 N–H and O–H groups in total. The fourth-order valence-electron chi connectivity index (χ4n) is 2.03. The number of carbonyl (C=O) groups is 2. The minimum absolute atomic E-state index is 0.212. The molecule has 2 rings (SSSR count). The normalized spacial score (nSPS) is 11.6. The Morgan fingerprint density at radius 2 is 1.83 bits per heavy atom. The van der Waals surface area contributed by atoms with Crippen molar-refractivity contribution in [1.82, 2.24) is 0 Å². The largest absolute Gasteiger partial charge is 0.453 e. The van der Waals surface area contributed by atoms with Crippen LogP contribution >= 0.6 is 23.2 Å². The summed E-state index contributed by atoms with van der Waals surface area (Å²) >= 11 is 11.8. The van der Waals surface area contributed by atoms with Crippen molar-refractivity contribution in [3.05, 3.63) is 64.1 Å². The lowest BCUT2D eigenvalue weighted by molar-refractivity contribution is -0.153. The van der Waals surface area contributed by atoms with E-state index in [1.54, 1.807) is 12.1 Å². The van der Waals surface area contributed by atoms with Crippen molar-refractivity contribution in [2.24, 2.45) is 0 Å². The Bertz CT molecular complexity index is 719. The molecule has 126 valence electrons. The number of benzene rings is 2. The van der Waals surface area contributed by atoms with E-state index in [-0.39, 0.29) is 6.42 Å². The molecule has 0 radical (unpaired) electrons. The molecule has 0 saturated carbocycles. The zero-order chi connectivity index (χ0) is 17.5. The van der Waals surface area contributed by atoms with E-state index < -0.39 is 18.0 Å². The second-order valence-electron chi connectivity index (χ2n) is 5.23. The smallest absolute Gasteiger partial charge is 0.306 e. The standard InChI is InChI=1S/C18H17Cl2NO3/c1-12(18(23)21-16-9-8-14(19)11-15(16)20)24-17(22)10-7-13-5-3-2-4-6-13/h2-6,8-9,11-12H,7,10H2,1H3,(H,21,23)/t12-/m0/s1. The third-order valence-corrected chi connectivity index (χ3v) is 3.87. The summed E-state index contributed by atoms with van der Waals surface area (Å²) < 4.78 is 5.15. The van der Waals surface area contributed by atoms with Crippen LogP contribution in [0.25, 0.3) is 0 Å². The summed E-state index contributed by atoms with van der Waals surface area (Å²) in [5.41, 5.74) is 1.46. The summed E-state index contributed by atoms with van der Waals surface area (Å²) in [6.45, 7) is 1.51. The zero-order valence-corrected chi connectivity index (χ0v) is 14.6. The Hall–Kier alpha value is -2.04. The summed E-state index contributed by atoms with van der Waals surface area (Å²) in [5, 5.41) is 3.40. The maximum atomic E-state index is 12.1. The van der Waals surface area contributed by atoms with Crippen molar-refractivity contribution in [2.45, 2.75) is 25.9 Å². The number of amides is 1. The Balaban J connectivity index is 1.83. The fourth-order valence-corrected chi connectivity index (χ4v) is 2.48. The molecule has 0 heterocycles. The number of halogens is 2. The van der Waals surface area contributed by atoms with Crippen molar-refractivity contribution in [3.8, 4) is 0 Å². The molecular formula is C18H17Cl2NO3. The number of nitrogens with one attached hydrogen (secondary N) is 1. The van der Waals surface area contributed by atoms with E-state index in [0.717, 1.165) is 5.56 Å². The minimum Gasteiger partial charge on any atom is -0.453 e. The second-order valence-corrected chi connectivity index (χ2v) is 6.07. The van der Waals surface area contributed by atoms with Crippen molar-refractivity contribution < 1.29 is 14.3 Å². The number of ether oxygens (including phenoxy) is 1. The van der Waals surface area contributed by atoms with E-state index in [1.807, 2.05) is 30.3 Å². The predicted molar refractivity (Wildman–Crippen MR) is 95.4 cm³/mol. The van der Waals surface area contributed by atoms with E-state index in [4.69, 9.17) is 27.9 Å². The van der Waals surface area contributed by atoms with Gasteiger partial charge in [-0.15, -0.1) is 0 Å². The molecule has 24 heavy (non-hydrogen) atoms. The topological polar surface area (TPSA) is 55.4 Å². The minimum atomic E-state index is -0.917. The molecule has 0 aliphatic rings. The van der Waals surface area contributed by atoms with Crippen LogP contribution < -0.4 is 5.32 Å². The maximum Gasteiger partial charge on any atom is 0.306 e. The van der Waals surface area contributed by atoms with Gasteiger partial charge in [0.1, 0.15) is 0 Å². The van der Waals surface area contributed by atoms with Gasteiger partial charge in [-0.3, -0.25) is 9.59 Å². The van der Waals surface area contributed by atoms with Crippen LogP contribution in [0, 0.1) is 0 Å². The highest BCUT2D eigenvalue weighted by Crippen LogP contribution is 2.25. The van der Waals surface area contributed by atoms with Gasteiger partial charge in [0.2, 0.25) is 0 Å². The first-order valence-electron chi connectivity index (χ1n) is 7.45. The second kappa shape index (κ2) is 8.71. The number of hydrogen-bond donors (Lipinski definition) is 1. The van der Waals surface area contributed by atoms with E-state index in [0.29, 0.717) is 22.2 Å². The number of anilines is 1. The molecule has 0 spiro atoms. The molecule has 2 aromatic rings. The molecule has 0 aromatic heterocycles. The lowest BCUT2D eigenvalue weighted by Crippen LogP contribution is -2.30. The van der Waals surface area contributed by atoms with E-state index in [1.165, 1.54) is 13.0 Å². The van der Waals surface area contributed by atoms with E-state index in [2.05, 4.69) is 5.32 Å². The molecular weight excluding hydrogens is 349 g/mol. The molecule has 4 nitrogen and oxygen atoms in total. The Labute approximate surface area is 150 Å². The third kappa shape index (κ3) is 5.55. The van der Waals surface area contributed by atoms with Crippen molar-refractivity contribution in [2.75, 3.05) is 5.32 Å². The van der Waals surface area contributed by atoms with E-state index in [9.17, 15) is 9.59 Å². The summed E-state index contributed by atoms with van der Waals surface area (Å²) in [6.07, 6.45) is -0.139. The highest BCUT2D eigenvalue weighted by molar-refractivity contribution is 6.36. The first-order valence-corrected chi connectivity index (χ1v) is 8.20. The molecule has 0 aliphatic carbocycles. The number of carbonyl (C=O) groups excluding carboxylic acids is 2. The number of hydrogen-bond acceptors (Lipinski definition) is 3. The zero-order valence-electron chi connectivity index (χ0n) is 13.1. The van der Waals surface area contributed by atoms with Gasteiger partial charge in [0.05, 0.1) is 10.7 Å². The summed E-state index contributed by atoms with van der Waals surface area (Å²) in [4.78, 5) is 23.9. The van der Waals surface area contributed by atoms with Gasteiger partial charge in [-0.25, -0.2) is 0 Å². The highest BCUT2D eigenvalue weighted by atomic mass is 35.5. The monoisotopic (exact) mass is 365 g/mol. The average molecular weight is 366 g/mol. The quantitative estimate of drug-likeness (QED) is 0.766. The molecule has 1 atom stereocenters. The highest BCUT2D eigenvalue weighted by Gasteiger charge is 2.18. The van der Waals surface area contributed by atoms with Gasteiger partial charge in [-0.1, -0.05) is 53.5 Å². The number of esters is 1. The van der Waals surface area contributed by atoms with Crippen LogP contribution in [-0.2, 0) is 20.7 Å². The summed E-state index contributed by atoms with van der Waals surface area (Å²) in [6, 6.07) is 14.3. The first kappa shape index (κ1) is 18.3. The van der Waals surface area contributed by atoms with Crippen LogP contribution in [0.3, 0.4) is 0 Å². The van der Waals surface area contributed by atoms with Crippen LogP contribution in [0.5, 0.6) is 0 Å². The lowest BCUT2D eigenvalue weighted by Gasteiger charge is -2.14. The molecule has 2 aromatic carbocycles. The van der Waals surface area contributed by atoms with Gasteiger partial charge >= 0.3 is 5.97 Å². The molecule has 0 bridgehead atoms. The van der Waals surface area contributed by atoms with Gasteiger partial charge in [0.25, 0.3) is 5.91 Å². The Morgan fingerprint density at radius 1 is 1.12 bits per heavy atom. The van der Waals surface area contributed by atoms with Crippen LogP contribution in [0.4, 0.5) is 5.69 Å². The lowest BCUT2D eigenvalue weighted by atomic mass is 10.1. The molecule has 0 saturated heterocycles. The Morgan fingerprint density at radius 3 is 2.50 bits per heavy atom. The van der Waals surface area contributed by atoms with Crippen LogP contribution in [0.2, 0.25) is 10.0 Å². The number of aryl methyl sites for hydroxylation is 1. The SMILES string of the molecule is C[C@H](OC(=O)CCc1ccccc1)C(=O)Nc1ccc(Cl)cc1Cl. The summed E-state index contributed by atoms with van der Waals surface area (Å²) in [5.74, 6) is -0.879. The maximum absolute atomic E-state index is 12.1. The van der Waals surface area contributed by atoms with Crippen molar-refractivity contribution in [1.29, 1.82) is 0 Å². The van der Waals surface area contributed by atoms with Crippen molar-refractivity contribution in [3.63, 3.8) is 0 Å². The third-order valence-electron chi connectivity index (χ3n) is 3.33. The number of rotatable bonds is 6. The average Bonchev–Trinajstić information content (AvgIpc) is 2.56. The predicted octanol–water partition coefficient (Wildman–Crippen LogP) is 4.50. The van der Waals surface area contributed by atoms with Gasteiger partial charge in [-0.2, -0.15) is 0 Å².